The molecule has 3 rings (SSSR count). The Bertz CT molecular complexity index is 1080. The molecule has 168 valence electrons. The van der Waals surface area contributed by atoms with Crippen molar-refractivity contribution in [2.75, 3.05) is 41.2 Å². The lowest BCUT2D eigenvalue weighted by Gasteiger charge is -2.31. The standard InChI is InChI=1S/C20H22F3N3O4S/c1-13-3-5-16(24-14(2)27)12-19(13)31(28,29)25-17-11-15(20(21,22)23)4-6-18(17)26-7-9-30-10-8-26/h3-6,11-12,25H,7-10H2,1-2H3,(H,24,27). The van der Waals surface area contributed by atoms with Crippen LogP contribution in [-0.4, -0.2) is 40.6 Å². The van der Waals surface area contributed by atoms with Crippen molar-refractivity contribution in [2.24, 2.45) is 0 Å². The summed E-state index contributed by atoms with van der Waals surface area (Å²) in [5, 5.41) is 2.50. The van der Waals surface area contributed by atoms with Crippen molar-refractivity contribution in [3.8, 4) is 0 Å². The summed E-state index contributed by atoms with van der Waals surface area (Å²) >= 11 is 0. The van der Waals surface area contributed by atoms with E-state index in [1.165, 1.54) is 25.1 Å². The van der Waals surface area contributed by atoms with Crippen molar-refractivity contribution >= 4 is 33.0 Å². The smallest absolute Gasteiger partial charge is 0.378 e. The van der Waals surface area contributed by atoms with Gasteiger partial charge >= 0.3 is 6.18 Å². The maximum atomic E-state index is 13.3. The molecule has 2 aromatic carbocycles. The number of nitrogens with zero attached hydrogens (tertiary/aromatic N) is 1. The van der Waals surface area contributed by atoms with Gasteiger partial charge in [-0.15, -0.1) is 0 Å². The van der Waals surface area contributed by atoms with Gasteiger partial charge in [-0.2, -0.15) is 13.2 Å². The SMILES string of the molecule is CC(=O)Nc1ccc(C)c(S(=O)(=O)Nc2cc(C(F)(F)F)ccc2N2CCOCC2)c1. The molecule has 1 saturated heterocycles. The van der Waals surface area contributed by atoms with Crippen molar-refractivity contribution in [3.63, 3.8) is 0 Å². The Hall–Kier alpha value is -2.79. The highest BCUT2D eigenvalue weighted by molar-refractivity contribution is 7.92. The van der Waals surface area contributed by atoms with Gasteiger partial charge in [0, 0.05) is 25.7 Å². The summed E-state index contributed by atoms with van der Waals surface area (Å²) in [6, 6.07) is 7.28. The van der Waals surface area contributed by atoms with Gasteiger partial charge in [0.2, 0.25) is 5.91 Å². The maximum Gasteiger partial charge on any atom is 0.416 e. The van der Waals surface area contributed by atoms with E-state index in [0.717, 1.165) is 12.1 Å². The highest BCUT2D eigenvalue weighted by Gasteiger charge is 2.32. The van der Waals surface area contributed by atoms with Gasteiger partial charge in [-0.25, -0.2) is 8.42 Å². The first kappa shape index (κ1) is 22.9. The molecule has 0 bridgehead atoms. The first-order chi connectivity index (χ1) is 14.5. The van der Waals surface area contributed by atoms with Gasteiger partial charge in [0.1, 0.15) is 0 Å². The molecule has 1 fully saturated rings. The van der Waals surface area contributed by atoms with Crippen LogP contribution in [0.25, 0.3) is 0 Å². The van der Waals surface area contributed by atoms with Crippen LogP contribution in [0.3, 0.4) is 0 Å². The number of benzene rings is 2. The Kier molecular flexibility index (Phi) is 6.46. The molecule has 1 amide bonds. The molecule has 2 N–H and O–H groups in total. The molecule has 1 heterocycles. The molecular weight excluding hydrogens is 435 g/mol. The lowest BCUT2D eigenvalue weighted by molar-refractivity contribution is -0.137. The molecule has 31 heavy (non-hydrogen) atoms. The summed E-state index contributed by atoms with van der Waals surface area (Å²) < 4.78 is 73.7. The number of halogens is 3. The topological polar surface area (TPSA) is 87.7 Å². The van der Waals surface area contributed by atoms with Crippen molar-refractivity contribution in [2.45, 2.75) is 24.9 Å². The number of morpholine rings is 1. The number of ether oxygens (including phenoxy) is 1. The molecular formula is C20H22F3N3O4S. The van der Waals surface area contributed by atoms with E-state index in [4.69, 9.17) is 4.74 Å². The van der Waals surface area contributed by atoms with E-state index in [2.05, 4.69) is 10.0 Å². The van der Waals surface area contributed by atoms with Crippen molar-refractivity contribution in [3.05, 3.63) is 47.5 Å². The van der Waals surface area contributed by atoms with E-state index >= 15 is 0 Å². The number of hydrogen-bond donors (Lipinski definition) is 2. The van der Waals surface area contributed by atoms with Gasteiger partial charge in [0.05, 0.1) is 35.0 Å². The van der Waals surface area contributed by atoms with Crippen LogP contribution in [0.4, 0.5) is 30.2 Å². The molecule has 7 nitrogen and oxygen atoms in total. The fourth-order valence-electron chi connectivity index (χ4n) is 3.24. The number of amides is 1. The Labute approximate surface area is 178 Å². The fraction of sp³-hybridized carbons (Fsp3) is 0.350. The minimum absolute atomic E-state index is 0.149. The minimum atomic E-state index is -4.63. The average molecular weight is 457 g/mol. The molecule has 0 aliphatic carbocycles. The molecule has 2 aromatic rings. The fourth-order valence-corrected chi connectivity index (χ4v) is 4.58. The third-order valence-corrected chi connectivity index (χ3v) is 6.23. The summed E-state index contributed by atoms with van der Waals surface area (Å²) in [5.41, 5.74) is -0.181. The average Bonchev–Trinajstić information content (AvgIpc) is 2.68. The molecule has 0 radical (unpaired) electrons. The third kappa shape index (κ3) is 5.47. The summed E-state index contributed by atoms with van der Waals surface area (Å²) in [6.45, 7) is 4.43. The predicted molar refractivity (Wildman–Crippen MR) is 111 cm³/mol. The van der Waals surface area contributed by atoms with E-state index in [-0.39, 0.29) is 22.2 Å². The number of aryl methyl sites for hydroxylation is 1. The van der Waals surface area contributed by atoms with Gasteiger partial charge < -0.3 is 15.0 Å². The van der Waals surface area contributed by atoms with Gasteiger partial charge in [0.25, 0.3) is 10.0 Å². The summed E-state index contributed by atoms with van der Waals surface area (Å²) in [6.07, 6.45) is -4.63. The van der Waals surface area contributed by atoms with E-state index in [0.29, 0.717) is 37.6 Å². The van der Waals surface area contributed by atoms with Gasteiger partial charge in [-0.1, -0.05) is 6.07 Å². The number of anilines is 3. The Morgan fingerprint density at radius 2 is 1.77 bits per heavy atom. The Morgan fingerprint density at radius 3 is 2.39 bits per heavy atom. The van der Waals surface area contributed by atoms with Gasteiger partial charge in [-0.3, -0.25) is 9.52 Å². The second-order valence-electron chi connectivity index (χ2n) is 7.10. The highest BCUT2D eigenvalue weighted by atomic mass is 32.2. The molecule has 0 saturated carbocycles. The quantitative estimate of drug-likeness (QED) is 0.716. The van der Waals surface area contributed by atoms with Crippen LogP contribution in [0.1, 0.15) is 18.1 Å². The molecule has 0 aromatic heterocycles. The number of carbonyl (C=O) groups is 1. The highest BCUT2D eigenvalue weighted by Crippen LogP contribution is 2.37. The number of nitrogens with one attached hydrogen (secondary N) is 2. The molecule has 0 atom stereocenters. The summed E-state index contributed by atoms with van der Waals surface area (Å²) in [7, 11) is -4.25. The number of rotatable bonds is 5. The second-order valence-corrected chi connectivity index (χ2v) is 8.75. The number of alkyl halides is 3. The van der Waals surface area contributed by atoms with Crippen molar-refractivity contribution < 1.29 is 31.1 Å². The molecule has 0 spiro atoms. The number of hydrogen-bond acceptors (Lipinski definition) is 5. The van der Waals surface area contributed by atoms with Crippen molar-refractivity contribution in [1.82, 2.24) is 0 Å². The van der Waals surface area contributed by atoms with Crippen LogP contribution >= 0.6 is 0 Å². The minimum Gasteiger partial charge on any atom is -0.378 e. The number of sulfonamides is 1. The molecule has 0 unspecified atom stereocenters. The van der Waals surface area contributed by atoms with Gasteiger partial charge in [-0.05, 0) is 42.8 Å². The first-order valence-electron chi connectivity index (χ1n) is 9.42. The van der Waals surface area contributed by atoms with Crippen molar-refractivity contribution in [1.29, 1.82) is 0 Å². The summed E-state index contributed by atoms with van der Waals surface area (Å²) in [4.78, 5) is 12.9. The lowest BCUT2D eigenvalue weighted by Crippen LogP contribution is -2.36. The molecule has 1 aliphatic rings. The second kappa shape index (κ2) is 8.75. The van der Waals surface area contributed by atoms with Crippen LogP contribution in [-0.2, 0) is 25.7 Å². The molecule has 11 heteroatoms. The lowest BCUT2D eigenvalue weighted by atomic mass is 10.1. The maximum absolute atomic E-state index is 13.3. The Balaban J connectivity index is 2.04. The first-order valence-corrected chi connectivity index (χ1v) is 10.9. The van der Waals surface area contributed by atoms with Gasteiger partial charge in [0.15, 0.2) is 0 Å². The van der Waals surface area contributed by atoms with E-state index in [1.54, 1.807) is 17.9 Å². The zero-order valence-corrected chi connectivity index (χ0v) is 17.7. The third-order valence-electron chi connectivity index (χ3n) is 4.72. The van der Waals surface area contributed by atoms with E-state index in [1.807, 2.05) is 0 Å². The van der Waals surface area contributed by atoms with Crippen LogP contribution in [0.15, 0.2) is 41.3 Å². The van der Waals surface area contributed by atoms with Crippen LogP contribution in [0, 0.1) is 6.92 Å². The zero-order chi connectivity index (χ0) is 22.8. The van der Waals surface area contributed by atoms with E-state index < -0.39 is 21.8 Å². The normalized spacial score (nSPS) is 14.9. The van der Waals surface area contributed by atoms with E-state index in [9.17, 15) is 26.4 Å². The molecule has 1 aliphatic heterocycles. The summed E-state index contributed by atoms with van der Waals surface area (Å²) in [5.74, 6) is -0.382. The predicted octanol–water partition coefficient (Wildman–Crippen LogP) is 3.61. The van der Waals surface area contributed by atoms with Crippen LogP contribution in [0.2, 0.25) is 0 Å². The number of carbonyl (C=O) groups excluding carboxylic acids is 1. The Morgan fingerprint density at radius 1 is 1.10 bits per heavy atom. The van der Waals surface area contributed by atoms with Crippen LogP contribution in [0.5, 0.6) is 0 Å². The van der Waals surface area contributed by atoms with Crippen LogP contribution < -0.4 is 14.9 Å². The zero-order valence-electron chi connectivity index (χ0n) is 16.9. The monoisotopic (exact) mass is 457 g/mol. The largest absolute Gasteiger partial charge is 0.416 e.